The molecule has 0 amide bonds. The number of fused-ring (bicyclic) bond motifs is 2. The zero-order chi connectivity index (χ0) is 21.8. The van der Waals surface area contributed by atoms with E-state index >= 15 is 0 Å². The minimum Gasteiger partial charge on any atom is -0.346 e. The average Bonchev–Trinajstić information content (AvgIpc) is 3.41. The van der Waals surface area contributed by atoms with E-state index in [4.69, 9.17) is 0 Å². The summed E-state index contributed by atoms with van der Waals surface area (Å²) in [5.74, 6) is 0. The summed E-state index contributed by atoms with van der Waals surface area (Å²) >= 11 is 0. The number of rotatable bonds is 4. The maximum absolute atomic E-state index is 10.7. The predicted octanol–water partition coefficient (Wildman–Crippen LogP) is 4.46. The van der Waals surface area contributed by atoms with Crippen molar-refractivity contribution in [2.75, 3.05) is 0 Å². The molecule has 0 aliphatic heterocycles. The highest BCUT2D eigenvalue weighted by molar-refractivity contribution is 5.78. The number of hydrogen-bond donors (Lipinski definition) is 1. The second-order valence-corrected chi connectivity index (χ2v) is 6.66. The van der Waals surface area contributed by atoms with Crippen molar-refractivity contribution in [1.82, 2.24) is 19.5 Å². The summed E-state index contributed by atoms with van der Waals surface area (Å²) in [4.78, 5) is 31.0. The van der Waals surface area contributed by atoms with E-state index in [1.165, 1.54) is 24.0 Å². The number of aromatic amines is 1. The fourth-order valence-corrected chi connectivity index (χ4v) is 3.10. The van der Waals surface area contributed by atoms with Crippen LogP contribution in [0.3, 0.4) is 0 Å². The fourth-order valence-electron chi connectivity index (χ4n) is 3.10. The van der Waals surface area contributed by atoms with Gasteiger partial charge in [-0.05, 0) is 17.7 Å². The molecule has 0 saturated heterocycles. The average molecular weight is 416 g/mol. The Balaban J connectivity index is 0.000000166. The Kier molecular flexibility index (Phi) is 5.35. The van der Waals surface area contributed by atoms with Crippen LogP contribution in [-0.2, 0) is 6.54 Å². The van der Waals surface area contributed by atoms with Crippen molar-refractivity contribution in [3.8, 4) is 0 Å². The number of benzene rings is 1. The topological polar surface area (TPSA) is 133 Å². The molecule has 154 valence electrons. The lowest BCUT2D eigenvalue weighted by Crippen LogP contribution is -1.99. The molecule has 0 radical (unpaired) electrons. The molecular formula is C21H16N6O4. The SMILES string of the molecule is O=[N+]([O-])c1cnc2[nH]ccc2c1.O=[N+]([O-])c1cnc2c(ccn2Cc2ccccc2)c1. The van der Waals surface area contributed by atoms with Crippen LogP contribution in [0.1, 0.15) is 5.56 Å². The molecule has 1 aromatic carbocycles. The van der Waals surface area contributed by atoms with Crippen molar-refractivity contribution < 1.29 is 9.85 Å². The molecule has 1 N–H and O–H groups in total. The van der Waals surface area contributed by atoms with Gasteiger partial charge in [0.25, 0.3) is 11.4 Å². The Morgan fingerprint density at radius 2 is 1.55 bits per heavy atom. The van der Waals surface area contributed by atoms with E-state index in [2.05, 4.69) is 15.0 Å². The number of hydrogen-bond acceptors (Lipinski definition) is 6. The zero-order valence-corrected chi connectivity index (χ0v) is 16.1. The van der Waals surface area contributed by atoms with E-state index in [0.717, 1.165) is 16.4 Å². The van der Waals surface area contributed by atoms with Crippen molar-refractivity contribution in [3.05, 3.63) is 105 Å². The van der Waals surface area contributed by atoms with E-state index in [1.54, 1.807) is 18.3 Å². The highest BCUT2D eigenvalue weighted by Gasteiger charge is 2.10. The van der Waals surface area contributed by atoms with Gasteiger partial charge < -0.3 is 9.55 Å². The molecule has 0 unspecified atom stereocenters. The fraction of sp³-hybridized carbons (Fsp3) is 0.0476. The molecule has 0 aliphatic rings. The summed E-state index contributed by atoms with van der Waals surface area (Å²) in [5.41, 5.74) is 2.63. The monoisotopic (exact) mass is 416 g/mol. The van der Waals surface area contributed by atoms with Crippen LogP contribution in [0.5, 0.6) is 0 Å². The zero-order valence-electron chi connectivity index (χ0n) is 16.1. The van der Waals surface area contributed by atoms with Crippen LogP contribution in [-0.4, -0.2) is 29.4 Å². The first-order chi connectivity index (χ1) is 15.0. The third kappa shape index (κ3) is 4.37. The third-order valence-electron chi connectivity index (χ3n) is 4.59. The van der Waals surface area contributed by atoms with Crippen LogP contribution in [0.25, 0.3) is 22.1 Å². The van der Waals surface area contributed by atoms with Gasteiger partial charge in [-0.2, -0.15) is 0 Å². The summed E-state index contributed by atoms with van der Waals surface area (Å²) in [6.07, 6.45) is 6.12. The van der Waals surface area contributed by atoms with Crippen molar-refractivity contribution in [2.45, 2.75) is 6.54 Å². The predicted molar refractivity (Wildman–Crippen MR) is 115 cm³/mol. The number of H-pyrrole nitrogens is 1. The molecule has 0 aliphatic carbocycles. The Hall–Kier alpha value is -4.60. The van der Waals surface area contributed by atoms with Gasteiger partial charge in [-0.15, -0.1) is 0 Å². The second-order valence-electron chi connectivity index (χ2n) is 6.66. The van der Waals surface area contributed by atoms with Crippen LogP contribution in [0.2, 0.25) is 0 Å². The van der Waals surface area contributed by atoms with Gasteiger partial charge in [-0.3, -0.25) is 20.2 Å². The maximum Gasteiger partial charge on any atom is 0.288 e. The normalized spacial score (nSPS) is 10.6. The molecule has 0 fully saturated rings. The molecule has 0 bridgehead atoms. The molecule has 0 saturated carbocycles. The van der Waals surface area contributed by atoms with Crippen molar-refractivity contribution in [2.24, 2.45) is 0 Å². The highest BCUT2D eigenvalue weighted by Crippen LogP contribution is 2.20. The Labute approximate surface area is 175 Å². The summed E-state index contributed by atoms with van der Waals surface area (Å²) in [6.45, 7) is 0.704. The van der Waals surface area contributed by atoms with Crippen molar-refractivity contribution in [1.29, 1.82) is 0 Å². The second kappa shape index (κ2) is 8.41. The largest absolute Gasteiger partial charge is 0.346 e. The van der Waals surface area contributed by atoms with E-state index < -0.39 is 9.85 Å². The molecule has 10 nitrogen and oxygen atoms in total. The van der Waals surface area contributed by atoms with E-state index in [1.807, 2.05) is 47.2 Å². The Bertz CT molecular complexity index is 1380. The molecule has 5 rings (SSSR count). The van der Waals surface area contributed by atoms with E-state index in [0.29, 0.717) is 12.2 Å². The first-order valence-corrected chi connectivity index (χ1v) is 9.22. The minimum absolute atomic E-state index is 0.0158. The van der Waals surface area contributed by atoms with E-state index in [-0.39, 0.29) is 11.4 Å². The summed E-state index contributed by atoms with van der Waals surface area (Å²) < 4.78 is 1.98. The molecular weight excluding hydrogens is 400 g/mol. The summed E-state index contributed by atoms with van der Waals surface area (Å²) in [6, 6.07) is 16.6. The van der Waals surface area contributed by atoms with Crippen LogP contribution in [0.15, 0.2) is 79.4 Å². The maximum atomic E-state index is 10.7. The van der Waals surface area contributed by atoms with Crippen molar-refractivity contribution in [3.63, 3.8) is 0 Å². The molecule has 4 aromatic heterocycles. The summed E-state index contributed by atoms with van der Waals surface area (Å²) in [5, 5.41) is 22.6. The Morgan fingerprint density at radius 1 is 0.871 bits per heavy atom. The third-order valence-corrected chi connectivity index (χ3v) is 4.59. The van der Waals surface area contributed by atoms with Gasteiger partial charge in [0.15, 0.2) is 0 Å². The number of nitrogens with zero attached hydrogens (tertiary/aromatic N) is 5. The lowest BCUT2D eigenvalue weighted by Gasteiger charge is -2.04. The number of nitrogens with one attached hydrogen (secondary N) is 1. The first kappa shape index (κ1) is 19.7. The molecule has 0 atom stereocenters. The smallest absolute Gasteiger partial charge is 0.288 e. The van der Waals surface area contributed by atoms with Gasteiger partial charge in [0.2, 0.25) is 0 Å². The van der Waals surface area contributed by atoms with Crippen LogP contribution >= 0.6 is 0 Å². The standard InChI is InChI=1S/C14H11N3O2.C7H5N3O2/c18-17(19)13-8-12-6-7-16(14(12)15-9-13)10-11-4-2-1-3-5-11;11-10(12)6-3-5-1-2-8-7(5)9-4-6/h1-9H,10H2;1-4H,(H,8,9). The van der Waals surface area contributed by atoms with Gasteiger partial charge >= 0.3 is 0 Å². The molecule has 0 spiro atoms. The molecule has 10 heteroatoms. The molecule has 4 heterocycles. The number of nitro groups is 2. The van der Waals surface area contributed by atoms with E-state index in [9.17, 15) is 20.2 Å². The van der Waals surface area contributed by atoms with Gasteiger partial charge in [-0.1, -0.05) is 30.3 Å². The summed E-state index contributed by atoms with van der Waals surface area (Å²) in [7, 11) is 0. The highest BCUT2D eigenvalue weighted by atomic mass is 16.6. The van der Waals surface area contributed by atoms with Crippen molar-refractivity contribution >= 4 is 33.4 Å². The van der Waals surface area contributed by atoms with Gasteiger partial charge in [0.05, 0.1) is 9.85 Å². The van der Waals surface area contributed by atoms with Crippen LogP contribution in [0.4, 0.5) is 11.4 Å². The molecule has 5 aromatic rings. The minimum atomic E-state index is -0.459. The first-order valence-electron chi connectivity index (χ1n) is 9.22. The van der Waals surface area contributed by atoms with Gasteiger partial charge in [0, 0.05) is 41.8 Å². The quantitative estimate of drug-likeness (QED) is 0.340. The van der Waals surface area contributed by atoms with Crippen LogP contribution < -0.4 is 0 Å². The Morgan fingerprint density at radius 3 is 2.26 bits per heavy atom. The lowest BCUT2D eigenvalue weighted by molar-refractivity contribution is -0.385. The lowest BCUT2D eigenvalue weighted by atomic mass is 10.2. The number of aromatic nitrogens is 4. The molecule has 31 heavy (non-hydrogen) atoms. The number of pyridine rings is 2. The van der Waals surface area contributed by atoms with Crippen LogP contribution in [0, 0.1) is 20.2 Å². The van der Waals surface area contributed by atoms with Gasteiger partial charge in [0.1, 0.15) is 23.7 Å². The van der Waals surface area contributed by atoms with Gasteiger partial charge in [-0.25, -0.2) is 9.97 Å².